The topological polar surface area (TPSA) is 175 Å². The van der Waals surface area contributed by atoms with Gasteiger partial charge in [-0.2, -0.15) is 5.10 Å². The SMILES string of the molecule is Cn1c(=O)cnn(CCCNCC2COc3ncccc3O2)c1=O.O=C(O)/C=C/C(=O)O. The molecule has 0 radical (unpaired) electrons. The zero-order valence-corrected chi connectivity index (χ0v) is 17.2. The van der Waals surface area contributed by atoms with Crippen molar-refractivity contribution in [3.8, 4) is 11.6 Å². The molecule has 3 heterocycles. The number of aliphatic carboxylic acids is 2. The largest absolute Gasteiger partial charge is 0.480 e. The number of ether oxygens (including phenoxy) is 2. The van der Waals surface area contributed by atoms with Crippen LogP contribution in [-0.2, 0) is 23.2 Å². The number of nitrogens with zero attached hydrogens (tertiary/aromatic N) is 4. The van der Waals surface area contributed by atoms with Gasteiger partial charge in [0.25, 0.3) is 11.4 Å². The summed E-state index contributed by atoms with van der Waals surface area (Å²) >= 11 is 0. The highest BCUT2D eigenvalue weighted by molar-refractivity contribution is 5.89. The molecule has 13 nitrogen and oxygen atoms in total. The fourth-order valence-corrected chi connectivity index (χ4v) is 2.50. The fraction of sp³-hybridized carbons (Fsp3) is 0.368. The van der Waals surface area contributed by atoms with Gasteiger partial charge in [-0.25, -0.2) is 24.0 Å². The number of nitrogens with one attached hydrogen (secondary N) is 1. The van der Waals surface area contributed by atoms with Gasteiger partial charge in [-0.3, -0.25) is 9.36 Å². The van der Waals surface area contributed by atoms with Crippen molar-refractivity contribution in [1.82, 2.24) is 24.6 Å². The predicted octanol–water partition coefficient (Wildman–Crippen LogP) is -1.13. The molecule has 32 heavy (non-hydrogen) atoms. The first-order valence-corrected chi connectivity index (χ1v) is 9.50. The molecule has 0 aliphatic carbocycles. The first-order valence-electron chi connectivity index (χ1n) is 9.50. The Morgan fingerprint density at radius 1 is 1.28 bits per heavy atom. The van der Waals surface area contributed by atoms with E-state index < -0.39 is 23.2 Å². The number of hydrogen-bond acceptors (Lipinski definition) is 9. The minimum Gasteiger partial charge on any atom is -0.480 e. The summed E-state index contributed by atoms with van der Waals surface area (Å²) in [5.74, 6) is -1.34. The molecule has 0 saturated carbocycles. The zero-order chi connectivity index (χ0) is 23.5. The third-order valence-corrected chi connectivity index (χ3v) is 4.05. The first kappa shape index (κ1) is 24.3. The highest BCUT2D eigenvalue weighted by atomic mass is 16.6. The van der Waals surface area contributed by atoms with Gasteiger partial charge in [0.1, 0.15) is 18.9 Å². The van der Waals surface area contributed by atoms with E-state index in [1.54, 1.807) is 12.3 Å². The normalized spacial score (nSPS) is 14.5. The summed E-state index contributed by atoms with van der Waals surface area (Å²) < 4.78 is 13.7. The van der Waals surface area contributed by atoms with Crippen molar-refractivity contribution in [2.24, 2.45) is 7.05 Å². The summed E-state index contributed by atoms with van der Waals surface area (Å²) in [6.07, 6.45) is 4.55. The number of carbonyl (C=O) groups is 2. The summed E-state index contributed by atoms with van der Waals surface area (Å²) in [5.41, 5.74) is -0.811. The predicted molar refractivity (Wildman–Crippen MR) is 110 cm³/mol. The van der Waals surface area contributed by atoms with Crippen LogP contribution in [0.2, 0.25) is 0 Å². The second-order valence-electron chi connectivity index (χ2n) is 6.47. The first-order chi connectivity index (χ1) is 15.3. The number of aryl methyl sites for hydroxylation is 1. The number of fused-ring (bicyclic) bond motifs is 1. The van der Waals surface area contributed by atoms with Crippen molar-refractivity contribution in [2.45, 2.75) is 19.1 Å². The van der Waals surface area contributed by atoms with Crippen LogP contribution in [0.3, 0.4) is 0 Å². The van der Waals surface area contributed by atoms with Crippen LogP contribution in [0.4, 0.5) is 0 Å². The number of carboxylic acids is 2. The van der Waals surface area contributed by atoms with Gasteiger partial charge in [-0.1, -0.05) is 0 Å². The number of aromatic nitrogens is 4. The van der Waals surface area contributed by atoms with Gasteiger partial charge < -0.3 is 25.0 Å². The van der Waals surface area contributed by atoms with E-state index in [4.69, 9.17) is 19.7 Å². The summed E-state index contributed by atoms with van der Waals surface area (Å²) in [4.78, 5) is 46.3. The average Bonchev–Trinajstić information content (AvgIpc) is 2.77. The Balaban J connectivity index is 0.000000390. The van der Waals surface area contributed by atoms with Gasteiger partial charge in [0.15, 0.2) is 5.75 Å². The van der Waals surface area contributed by atoms with Crippen LogP contribution >= 0.6 is 0 Å². The summed E-state index contributed by atoms with van der Waals surface area (Å²) in [6.45, 7) is 2.20. The summed E-state index contributed by atoms with van der Waals surface area (Å²) in [6, 6.07) is 3.63. The molecule has 0 amide bonds. The molecule has 3 N–H and O–H groups in total. The molecule has 1 unspecified atom stereocenters. The van der Waals surface area contributed by atoms with Crippen LogP contribution in [0, 0.1) is 0 Å². The van der Waals surface area contributed by atoms with Crippen molar-refractivity contribution in [3.05, 3.63) is 57.5 Å². The molecule has 172 valence electrons. The third kappa shape index (κ3) is 7.68. The highest BCUT2D eigenvalue weighted by Crippen LogP contribution is 2.27. The monoisotopic (exact) mass is 449 g/mol. The maximum Gasteiger partial charge on any atom is 0.347 e. The number of rotatable bonds is 8. The van der Waals surface area contributed by atoms with Crippen LogP contribution < -0.4 is 26.0 Å². The fourth-order valence-electron chi connectivity index (χ4n) is 2.50. The van der Waals surface area contributed by atoms with E-state index in [0.717, 1.165) is 10.8 Å². The Labute approximate surface area is 181 Å². The van der Waals surface area contributed by atoms with Crippen molar-refractivity contribution in [1.29, 1.82) is 0 Å². The Kier molecular flexibility index (Phi) is 9.10. The standard InChI is InChI=1S/C15H19N5O4.C4H4O4/c1-19-13(21)9-18-20(15(19)22)7-3-5-16-8-11-10-23-14-12(24-11)4-2-6-17-14;5-3(6)1-2-4(7)8/h2,4,6,9,11,16H,3,5,7-8,10H2,1H3;1-2H,(H,5,6)(H,7,8)/b;2-1+. The van der Waals surface area contributed by atoms with Crippen LogP contribution in [-0.4, -0.2) is 67.3 Å². The van der Waals surface area contributed by atoms with Crippen molar-refractivity contribution < 1.29 is 29.3 Å². The number of hydrogen-bond donors (Lipinski definition) is 3. The van der Waals surface area contributed by atoms with Gasteiger partial charge in [-0.05, 0) is 25.1 Å². The van der Waals surface area contributed by atoms with Crippen LogP contribution in [0.5, 0.6) is 11.6 Å². The maximum absolute atomic E-state index is 11.8. The van der Waals surface area contributed by atoms with Crippen LogP contribution in [0.1, 0.15) is 6.42 Å². The van der Waals surface area contributed by atoms with Gasteiger partial charge in [-0.15, -0.1) is 0 Å². The van der Waals surface area contributed by atoms with Gasteiger partial charge in [0.2, 0.25) is 0 Å². The van der Waals surface area contributed by atoms with Crippen molar-refractivity contribution in [2.75, 3.05) is 19.7 Å². The summed E-state index contributed by atoms with van der Waals surface area (Å²) in [5, 5.41) is 22.7. The molecular weight excluding hydrogens is 426 g/mol. The second kappa shape index (κ2) is 12.0. The maximum atomic E-state index is 11.8. The van der Waals surface area contributed by atoms with Crippen molar-refractivity contribution in [3.63, 3.8) is 0 Å². The Hall–Kier alpha value is -4.00. The molecule has 1 aliphatic heterocycles. The average molecular weight is 449 g/mol. The highest BCUT2D eigenvalue weighted by Gasteiger charge is 2.20. The lowest BCUT2D eigenvalue weighted by atomic mass is 10.3. The molecule has 2 aromatic rings. The van der Waals surface area contributed by atoms with E-state index >= 15 is 0 Å². The number of carboxylic acid groups (broad SMARTS) is 2. The Morgan fingerprint density at radius 2 is 2.00 bits per heavy atom. The summed E-state index contributed by atoms with van der Waals surface area (Å²) in [7, 11) is 1.44. The smallest absolute Gasteiger partial charge is 0.347 e. The van der Waals surface area contributed by atoms with E-state index in [-0.39, 0.29) is 6.10 Å². The molecule has 0 aromatic carbocycles. The van der Waals surface area contributed by atoms with E-state index in [1.165, 1.54) is 11.7 Å². The minimum atomic E-state index is -1.26. The van der Waals surface area contributed by atoms with Crippen LogP contribution in [0.15, 0.2) is 46.3 Å². The molecule has 2 aromatic heterocycles. The lowest BCUT2D eigenvalue weighted by Gasteiger charge is -2.25. The Morgan fingerprint density at radius 3 is 2.69 bits per heavy atom. The lowest BCUT2D eigenvalue weighted by molar-refractivity contribution is -0.134. The van der Waals surface area contributed by atoms with E-state index in [1.807, 2.05) is 6.07 Å². The molecule has 0 saturated heterocycles. The Bertz CT molecular complexity index is 1060. The van der Waals surface area contributed by atoms with E-state index in [0.29, 0.717) is 56.4 Å². The molecule has 1 atom stereocenters. The molecule has 3 rings (SSSR count). The molecule has 13 heteroatoms. The van der Waals surface area contributed by atoms with Gasteiger partial charge >= 0.3 is 17.6 Å². The van der Waals surface area contributed by atoms with E-state index in [2.05, 4.69) is 15.4 Å². The third-order valence-electron chi connectivity index (χ3n) is 4.05. The van der Waals surface area contributed by atoms with E-state index in [9.17, 15) is 19.2 Å². The molecule has 0 spiro atoms. The number of pyridine rings is 1. The minimum absolute atomic E-state index is 0.0832. The molecular formula is C19H23N5O8. The lowest BCUT2D eigenvalue weighted by Crippen LogP contribution is -2.40. The van der Waals surface area contributed by atoms with Gasteiger partial charge in [0, 0.05) is 38.5 Å². The molecule has 0 bridgehead atoms. The second-order valence-corrected chi connectivity index (χ2v) is 6.47. The van der Waals surface area contributed by atoms with Crippen LogP contribution in [0.25, 0.3) is 0 Å². The van der Waals surface area contributed by atoms with Gasteiger partial charge in [0.05, 0.1) is 0 Å². The molecule has 0 fully saturated rings. The quantitative estimate of drug-likeness (QED) is 0.328. The molecule has 1 aliphatic rings. The van der Waals surface area contributed by atoms with Crippen molar-refractivity contribution >= 4 is 11.9 Å². The zero-order valence-electron chi connectivity index (χ0n) is 17.2.